The molecule has 0 aromatic rings. The van der Waals surface area contributed by atoms with Crippen molar-refractivity contribution in [1.82, 2.24) is 4.72 Å². The maximum Gasteiger partial charge on any atom is 0.325 e. The van der Waals surface area contributed by atoms with Crippen molar-refractivity contribution in [3.63, 3.8) is 0 Å². The second-order valence-corrected chi connectivity index (χ2v) is 5.35. The molecule has 18 heavy (non-hydrogen) atoms. The van der Waals surface area contributed by atoms with Crippen LogP contribution in [0.3, 0.4) is 0 Å². The van der Waals surface area contributed by atoms with E-state index >= 15 is 0 Å². The number of sulfonamides is 1. The van der Waals surface area contributed by atoms with E-state index in [1.807, 2.05) is 0 Å². The van der Waals surface area contributed by atoms with Gasteiger partial charge in [-0.05, 0) is 6.92 Å². The lowest BCUT2D eigenvalue weighted by molar-refractivity contribution is -0.145. The zero-order valence-corrected chi connectivity index (χ0v) is 10.4. The summed E-state index contributed by atoms with van der Waals surface area (Å²) in [6.45, 7) is 0.994. The second kappa shape index (κ2) is 6.31. The summed E-state index contributed by atoms with van der Waals surface area (Å²) >= 11 is 0. The van der Waals surface area contributed by atoms with Gasteiger partial charge in [-0.2, -0.15) is 4.72 Å². The van der Waals surface area contributed by atoms with Crippen molar-refractivity contribution in [1.29, 1.82) is 0 Å². The van der Waals surface area contributed by atoms with E-state index in [1.54, 1.807) is 4.72 Å². The summed E-state index contributed by atoms with van der Waals surface area (Å²) in [7, 11) is -3.36. The predicted molar refractivity (Wildman–Crippen MR) is 57.2 cm³/mol. The number of ether oxygens (including phenoxy) is 1. The van der Waals surface area contributed by atoms with E-state index in [0.29, 0.717) is 0 Å². The molecule has 0 rings (SSSR count). The second-order valence-electron chi connectivity index (χ2n) is 3.32. The fourth-order valence-electron chi connectivity index (χ4n) is 0.947. The van der Waals surface area contributed by atoms with Crippen LogP contribution in [-0.4, -0.2) is 54.9 Å². The fourth-order valence-corrected chi connectivity index (χ4v) is 2.08. The zero-order valence-electron chi connectivity index (χ0n) is 9.61. The Bertz CT molecular complexity index is 442. The third-order valence-corrected chi connectivity index (χ3v) is 3.72. The first-order chi connectivity index (χ1) is 8.11. The number of esters is 1. The Morgan fingerprint density at radius 3 is 2.11 bits per heavy atom. The number of carbonyl (C=O) groups excluding carboxylic acids is 1. The van der Waals surface area contributed by atoms with Crippen molar-refractivity contribution in [3.05, 3.63) is 0 Å². The topological polar surface area (TPSA) is 147 Å². The molecule has 0 heterocycles. The maximum absolute atomic E-state index is 11.6. The average Bonchev–Trinajstić information content (AvgIpc) is 2.24. The van der Waals surface area contributed by atoms with Crippen LogP contribution in [0, 0.1) is 0 Å². The van der Waals surface area contributed by atoms with Gasteiger partial charge in [-0.3, -0.25) is 14.4 Å². The molecule has 0 aliphatic carbocycles. The van der Waals surface area contributed by atoms with Crippen LogP contribution < -0.4 is 4.72 Å². The van der Waals surface area contributed by atoms with Crippen LogP contribution in [-0.2, 0) is 29.1 Å². The maximum atomic E-state index is 11.6. The molecule has 3 N–H and O–H groups in total. The smallest absolute Gasteiger partial charge is 0.325 e. The van der Waals surface area contributed by atoms with Gasteiger partial charge in [0.15, 0.2) is 5.25 Å². The van der Waals surface area contributed by atoms with E-state index in [9.17, 15) is 22.8 Å². The predicted octanol–water partition coefficient (Wildman–Crippen LogP) is -1.60. The van der Waals surface area contributed by atoms with Gasteiger partial charge in [0.1, 0.15) is 6.04 Å². The van der Waals surface area contributed by atoms with Crippen molar-refractivity contribution in [2.45, 2.75) is 24.6 Å². The van der Waals surface area contributed by atoms with E-state index in [4.69, 9.17) is 10.2 Å². The molecule has 0 saturated heterocycles. The summed E-state index contributed by atoms with van der Waals surface area (Å²) in [6, 6.07) is -1.85. The van der Waals surface area contributed by atoms with Crippen molar-refractivity contribution < 1.29 is 37.8 Å². The summed E-state index contributed by atoms with van der Waals surface area (Å²) in [5.41, 5.74) is 0. The normalized spacial score (nSPS) is 14.6. The molecule has 0 fully saturated rings. The van der Waals surface area contributed by atoms with E-state index in [2.05, 4.69) is 4.74 Å². The van der Waals surface area contributed by atoms with Crippen molar-refractivity contribution in [2.24, 2.45) is 0 Å². The third kappa shape index (κ3) is 4.67. The van der Waals surface area contributed by atoms with Crippen LogP contribution in [0.5, 0.6) is 0 Å². The molecule has 0 spiro atoms. The molecule has 0 saturated carbocycles. The monoisotopic (exact) mass is 283 g/mol. The van der Waals surface area contributed by atoms with Crippen molar-refractivity contribution >= 4 is 27.9 Å². The molecular formula is C8H13NO8S. The minimum atomic E-state index is -4.33. The van der Waals surface area contributed by atoms with Gasteiger partial charge in [0.05, 0.1) is 13.5 Å². The van der Waals surface area contributed by atoms with Crippen molar-refractivity contribution in [2.75, 3.05) is 7.11 Å². The number of rotatable bonds is 7. The Morgan fingerprint density at radius 2 is 1.78 bits per heavy atom. The van der Waals surface area contributed by atoms with Gasteiger partial charge in [0.2, 0.25) is 10.0 Å². The number of carbonyl (C=O) groups is 3. The van der Waals surface area contributed by atoms with Crippen LogP contribution in [0.2, 0.25) is 0 Å². The molecule has 0 aromatic heterocycles. The van der Waals surface area contributed by atoms with E-state index in [-0.39, 0.29) is 0 Å². The Labute approximate surface area is 103 Å². The van der Waals surface area contributed by atoms with Crippen LogP contribution in [0.15, 0.2) is 0 Å². The lowest BCUT2D eigenvalue weighted by Gasteiger charge is -2.16. The first kappa shape index (κ1) is 16.3. The largest absolute Gasteiger partial charge is 0.481 e. The summed E-state index contributed by atoms with van der Waals surface area (Å²) < 4.78 is 28.9. The minimum absolute atomic E-state index is 0.942. The highest BCUT2D eigenvalue weighted by molar-refractivity contribution is 7.90. The van der Waals surface area contributed by atoms with E-state index in [1.165, 1.54) is 0 Å². The molecule has 0 aromatic carbocycles. The highest BCUT2D eigenvalue weighted by Gasteiger charge is 2.34. The Kier molecular flexibility index (Phi) is 5.72. The first-order valence-corrected chi connectivity index (χ1v) is 6.20. The van der Waals surface area contributed by atoms with Gasteiger partial charge in [-0.15, -0.1) is 0 Å². The molecule has 10 heteroatoms. The SMILES string of the molecule is COC(=O)C(C)S(=O)(=O)N[C@@H](CC(=O)O)C(=O)O. The molecule has 9 nitrogen and oxygen atoms in total. The number of nitrogens with one attached hydrogen (secondary N) is 1. The van der Waals surface area contributed by atoms with Crippen LogP contribution >= 0.6 is 0 Å². The molecule has 0 amide bonds. The highest BCUT2D eigenvalue weighted by Crippen LogP contribution is 2.04. The lowest BCUT2D eigenvalue weighted by Crippen LogP contribution is -2.47. The molecule has 0 aliphatic rings. The summed E-state index contributed by atoms with van der Waals surface area (Å²) in [5, 5.41) is 15.4. The Hall–Kier alpha value is -1.68. The molecule has 0 bridgehead atoms. The molecular weight excluding hydrogens is 270 g/mol. The van der Waals surface area contributed by atoms with Crippen LogP contribution in [0.25, 0.3) is 0 Å². The molecule has 1 unspecified atom stereocenters. The number of methoxy groups -OCH3 is 1. The van der Waals surface area contributed by atoms with E-state index in [0.717, 1.165) is 14.0 Å². The lowest BCUT2D eigenvalue weighted by atomic mass is 10.2. The number of hydrogen-bond acceptors (Lipinski definition) is 6. The number of aliphatic carboxylic acids is 2. The quantitative estimate of drug-likeness (QED) is 0.473. The summed E-state index contributed by atoms with van der Waals surface area (Å²) in [5.74, 6) is -4.23. The van der Waals surface area contributed by atoms with E-state index < -0.39 is 45.6 Å². The van der Waals surface area contributed by atoms with Gasteiger partial charge < -0.3 is 14.9 Å². The third-order valence-electron chi connectivity index (χ3n) is 1.98. The first-order valence-electron chi connectivity index (χ1n) is 4.65. The minimum Gasteiger partial charge on any atom is -0.481 e. The van der Waals surface area contributed by atoms with Crippen LogP contribution in [0.4, 0.5) is 0 Å². The molecule has 0 aliphatic heterocycles. The Morgan fingerprint density at radius 1 is 1.28 bits per heavy atom. The van der Waals surface area contributed by atoms with Gasteiger partial charge >= 0.3 is 17.9 Å². The Balaban J connectivity index is 4.97. The number of carboxylic acid groups (broad SMARTS) is 2. The molecule has 0 radical (unpaired) electrons. The summed E-state index contributed by atoms with van der Waals surface area (Å²) in [6.07, 6.45) is -0.942. The van der Waals surface area contributed by atoms with Gasteiger partial charge in [0, 0.05) is 0 Å². The van der Waals surface area contributed by atoms with Gasteiger partial charge in [-0.1, -0.05) is 0 Å². The van der Waals surface area contributed by atoms with Crippen molar-refractivity contribution in [3.8, 4) is 0 Å². The van der Waals surface area contributed by atoms with Crippen LogP contribution in [0.1, 0.15) is 13.3 Å². The molecule has 2 atom stereocenters. The standard InChI is InChI=1S/C8H13NO8S/c1-4(8(14)17-2)18(15,16)9-5(7(12)13)3-6(10)11/h4-5,9H,3H2,1-2H3,(H,10,11)(H,12,13)/t4?,5-/m0/s1. The summed E-state index contributed by atoms with van der Waals surface area (Å²) in [4.78, 5) is 32.1. The zero-order chi connectivity index (χ0) is 14.5. The van der Waals surface area contributed by atoms with Gasteiger partial charge in [-0.25, -0.2) is 8.42 Å². The number of hydrogen-bond donors (Lipinski definition) is 3. The highest BCUT2D eigenvalue weighted by atomic mass is 32.2. The number of carboxylic acids is 2. The van der Waals surface area contributed by atoms with Gasteiger partial charge in [0.25, 0.3) is 0 Å². The molecule has 104 valence electrons. The fraction of sp³-hybridized carbons (Fsp3) is 0.625. The average molecular weight is 283 g/mol.